The zero-order valence-corrected chi connectivity index (χ0v) is 16.9. The first-order valence-electron chi connectivity index (χ1n) is 8.66. The standard InChI is InChI=1S/C20H21ClN4O2S/c1-27-16-8-4-14(5-9-16)11-23-19(26)25-20-24-18(12-28-20)17(22)10-13-2-6-15(21)7-3-13/h2-9,12,17H,10-11,22H2,1H3,(H2,23,24,25,26). The van der Waals surface area contributed by atoms with Crippen molar-refractivity contribution < 1.29 is 9.53 Å². The summed E-state index contributed by atoms with van der Waals surface area (Å²) >= 11 is 7.25. The molecule has 3 rings (SSSR count). The van der Waals surface area contributed by atoms with Crippen molar-refractivity contribution in [2.75, 3.05) is 12.4 Å². The first-order valence-corrected chi connectivity index (χ1v) is 9.92. The third kappa shape index (κ3) is 5.69. The fraction of sp³-hybridized carbons (Fsp3) is 0.200. The van der Waals surface area contributed by atoms with E-state index in [2.05, 4.69) is 15.6 Å². The number of amides is 2. The van der Waals surface area contributed by atoms with Crippen LogP contribution < -0.4 is 21.1 Å². The van der Waals surface area contributed by atoms with Gasteiger partial charge in [0, 0.05) is 16.9 Å². The molecule has 2 aromatic carbocycles. The molecule has 1 heterocycles. The van der Waals surface area contributed by atoms with Gasteiger partial charge < -0.3 is 15.8 Å². The van der Waals surface area contributed by atoms with Crippen LogP contribution in [-0.2, 0) is 13.0 Å². The number of hydrogen-bond donors (Lipinski definition) is 3. The average molecular weight is 417 g/mol. The number of nitrogens with two attached hydrogens (primary N) is 1. The van der Waals surface area contributed by atoms with Crippen molar-refractivity contribution >= 4 is 34.1 Å². The Morgan fingerprint density at radius 2 is 1.86 bits per heavy atom. The zero-order chi connectivity index (χ0) is 19.9. The number of halogens is 1. The Hall–Kier alpha value is -2.61. The van der Waals surface area contributed by atoms with E-state index in [-0.39, 0.29) is 12.1 Å². The molecule has 0 bridgehead atoms. The number of anilines is 1. The molecule has 1 unspecified atom stereocenters. The number of carbonyl (C=O) groups is 1. The lowest BCUT2D eigenvalue weighted by Crippen LogP contribution is -2.28. The predicted octanol–water partition coefficient (Wildman–Crippen LogP) is 4.37. The van der Waals surface area contributed by atoms with Crippen LogP contribution >= 0.6 is 22.9 Å². The zero-order valence-electron chi connectivity index (χ0n) is 15.3. The highest BCUT2D eigenvalue weighted by molar-refractivity contribution is 7.13. The van der Waals surface area contributed by atoms with Crippen LogP contribution in [0.5, 0.6) is 5.75 Å². The van der Waals surface area contributed by atoms with Crippen LogP contribution in [0.1, 0.15) is 22.9 Å². The monoisotopic (exact) mass is 416 g/mol. The maximum atomic E-state index is 12.1. The molecular weight excluding hydrogens is 396 g/mol. The second-order valence-corrected chi connectivity index (χ2v) is 7.46. The second kappa shape index (κ2) is 9.54. The summed E-state index contributed by atoms with van der Waals surface area (Å²) in [5.74, 6) is 0.776. The number of ether oxygens (including phenoxy) is 1. The van der Waals surface area contributed by atoms with E-state index in [0.29, 0.717) is 23.1 Å². The topological polar surface area (TPSA) is 89.3 Å². The summed E-state index contributed by atoms with van der Waals surface area (Å²) in [5, 5.41) is 8.60. The Morgan fingerprint density at radius 1 is 1.18 bits per heavy atom. The van der Waals surface area contributed by atoms with E-state index in [9.17, 15) is 4.79 Å². The largest absolute Gasteiger partial charge is 0.497 e. The number of nitrogens with one attached hydrogen (secondary N) is 2. The Morgan fingerprint density at radius 3 is 2.54 bits per heavy atom. The van der Waals surface area contributed by atoms with Gasteiger partial charge in [0.05, 0.1) is 18.8 Å². The van der Waals surface area contributed by atoms with Crippen LogP contribution in [0.25, 0.3) is 0 Å². The van der Waals surface area contributed by atoms with Crippen LogP contribution in [0.2, 0.25) is 5.02 Å². The molecule has 3 aromatic rings. The van der Waals surface area contributed by atoms with Crippen molar-refractivity contribution in [3.8, 4) is 5.75 Å². The molecular formula is C20H21ClN4O2S. The molecule has 1 aromatic heterocycles. The van der Waals surface area contributed by atoms with Gasteiger partial charge >= 0.3 is 6.03 Å². The summed E-state index contributed by atoms with van der Waals surface area (Å²) in [6.45, 7) is 0.407. The Balaban J connectivity index is 1.50. The van der Waals surface area contributed by atoms with E-state index < -0.39 is 0 Å². The minimum Gasteiger partial charge on any atom is -0.497 e. The molecule has 8 heteroatoms. The van der Waals surface area contributed by atoms with Gasteiger partial charge in [0.2, 0.25) is 0 Å². The number of hydrogen-bond acceptors (Lipinski definition) is 5. The molecule has 0 saturated heterocycles. The van der Waals surface area contributed by atoms with E-state index in [1.165, 1.54) is 11.3 Å². The summed E-state index contributed by atoms with van der Waals surface area (Å²) < 4.78 is 5.12. The van der Waals surface area contributed by atoms with Gasteiger partial charge in [-0.2, -0.15) is 0 Å². The SMILES string of the molecule is COc1ccc(CNC(=O)Nc2nc(C(N)Cc3ccc(Cl)cc3)cs2)cc1. The fourth-order valence-corrected chi connectivity index (χ4v) is 3.46. The van der Waals surface area contributed by atoms with E-state index in [4.69, 9.17) is 22.1 Å². The normalized spacial score (nSPS) is 11.7. The lowest BCUT2D eigenvalue weighted by atomic mass is 10.1. The van der Waals surface area contributed by atoms with Crippen LogP contribution in [-0.4, -0.2) is 18.1 Å². The van der Waals surface area contributed by atoms with Gasteiger partial charge in [0.25, 0.3) is 0 Å². The fourth-order valence-electron chi connectivity index (χ4n) is 2.56. The van der Waals surface area contributed by atoms with Crippen LogP contribution in [0, 0.1) is 0 Å². The van der Waals surface area contributed by atoms with Crippen LogP contribution in [0.4, 0.5) is 9.93 Å². The molecule has 0 aliphatic heterocycles. The minimum absolute atomic E-state index is 0.254. The lowest BCUT2D eigenvalue weighted by molar-refractivity contribution is 0.251. The minimum atomic E-state index is -0.317. The molecule has 146 valence electrons. The molecule has 4 N–H and O–H groups in total. The first-order chi connectivity index (χ1) is 13.5. The highest BCUT2D eigenvalue weighted by atomic mass is 35.5. The maximum Gasteiger partial charge on any atom is 0.321 e. The maximum absolute atomic E-state index is 12.1. The van der Waals surface area contributed by atoms with Gasteiger partial charge in [-0.3, -0.25) is 5.32 Å². The predicted molar refractivity (Wildman–Crippen MR) is 113 cm³/mol. The van der Waals surface area contributed by atoms with Gasteiger partial charge in [-0.15, -0.1) is 11.3 Å². The second-order valence-electron chi connectivity index (χ2n) is 6.17. The Labute approximate surface area is 172 Å². The summed E-state index contributed by atoms with van der Waals surface area (Å²) in [5.41, 5.74) is 9.03. The van der Waals surface area contributed by atoms with Crippen molar-refractivity contribution in [3.63, 3.8) is 0 Å². The van der Waals surface area contributed by atoms with Crippen molar-refractivity contribution in [2.45, 2.75) is 19.0 Å². The third-order valence-corrected chi connectivity index (χ3v) is 5.13. The quantitative estimate of drug-likeness (QED) is 0.533. The summed E-state index contributed by atoms with van der Waals surface area (Å²) in [7, 11) is 1.62. The van der Waals surface area contributed by atoms with Gasteiger partial charge in [0.15, 0.2) is 5.13 Å². The van der Waals surface area contributed by atoms with E-state index in [0.717, 1.165) is 22.6 Å². The average Bonchev–Trinajstić information content (AvgIpc) is 3.17. The third-order valence-electron chi connectivity index (χ3n) is 4.10. The van der Waals surface area contributed by atoms with Crippen molar-refractivity contribution in [1.82, 2.24) is 10.3 Å². The smallest absolute Gasteiger partial charge is 0.321 e. The van der Waals surface area contributed by atoms with Crippen LogP contribution in [0.15, 0.2) is 53.9 Å². The highest BCUT2D eigenvalue weighted by Gasteiger charge is 2.13. The first kappa shape index (κ1) is 20.1. The molecule has 0 aliphatic rings. The molecule has 0 saturated carbocycles. The number of carbonyl (C=O) groups excluding carboxylic acids is 1. The lowest BCUT2D eigenvalue weighted by Gasteiger charge is -2.09. The van der Waals surface area contributed by atoms with E-state index in [1.807, 2.05) is 53.9 Å². The van der Waals surface area contributed by atoms with E-state index in [1.54, 1.807) is 7.11 Å². The number of methoxy groups -OCH3 is 1. The molecule has 2 amide bonds. The molecule has 1 atom stereocenters. The molecule has 28 heavy (non-hydrogen) atoms. The van der Waals surface area contributed by atoms with Gasteiger partial charge in [-0.1, -0.05) is 35.9 Å². The number of nitrogens with zero attached hydrogens (tertiary/aromatic N) is 1. The highest BCUT2D eigenvalue weighted by Crippen LogP contribution is 2.22. The summed E-state index contributed by atoms with van der Waals surface area (Å²) in [6.07, 6.45) is 0.643. The van der Waals surface area contributed by atoms with Gasteiger partial charge in [-0.05, 0) is 41.8 Å². The molecule has 0 radical (unpaired) electrons. The molecule has 0 aliphatic carbocycles. The van der Waals surface area contributed by atoms with Gasteiger partial charge in [-0.25, -0.2) is 9.78 Å². The van der Waals surface area contributed by atoms with E-state index >= 15 is 0 Å². The molecule has 0 fully saturated rings. The number of aromatic nitrogens is 1. The van der Waals surface area contributed by atoms with Gasteiger partial charge in [0.1, 0.15) is 5.75 Å². The Kier molecular flexibility index (Phi) is 6.86. The van der Waals surface area contributed by atoms with Crippen molar-refractivity contribution in [1.29, 1.82) is 0 Å². The van der Waals surface area contributed by atoms with Crippen molar-refractivity contribution in [3.05, 3.63) is 75.8 Å². The number of thiazole rings is 1. The van der Waals surface area contributed by atoms with Crippen LogP contribution in [0.3, 0.4) is 0 Å². The number of urea groups is 1. The molecule has 0 spiro atoms. The number of rotatable bonds is 7. The number of benzene rings is 2. The van der Waals surface area contributed by atoms with Crippen molar-refractivity contribution in [2.24, 2.45) is 5.73 Å². The summed E-state index contributed by atoms with van der Waals surface area (Å²) in [4.78, 5) is 16.5. The molecule has 6 nitrogen and oxygen atoms in total. The Bertz CT molecular complexity index is 913. The summed E-state index contributed by atoms with van der Waals surface area (Å²) in [6, 6.07) is 14.5.